The first-order valence-corrected chi connectivity index (χ1v) is 9.52. The van der Waals surface area contributed by atoms with E-state index in [9.17, 15) is 5.11 Å². The van der Waals surface area contributed by atoms with Crippen LogP contribution in [-0.4, -0.2) is 11.2 Å². The first kappa shape index (κ1) is 15.0. The van der Waals surface area contributed by atoms with Gasteiger partial charge < -0.3 is 5.11 Å². The summed E-state index contributed by atoms with van der Waals surface area (Å²) in [4.78, 5) is 0. The minimum atomic E-state index is -0.0779. The minimum absolute atomic E-state index is 0.0779. The molecule has 1 N–H and O–H groups in total. The van der Waals surface area contributed by atoms with Crippen LogP contribution in [0, 0.1) is 28.6 Å². The highest BCUT2D eigenvalue weighted by Crippen LogP contribution is 2.66. The molecule has 4 aliphatic carbocycles. The number of aliphatic hydroxyl groups is 1. The van der Waals surface area contributed by atoms with E-state index in [0.717, 1.165) is 30.6 Å². The lowest BCUT2D eigenvalue weighted by molar-refractivity contribution is -0.0268. The monoisotopic (exact) mass is 300 g/mol. The molecule has 0 saturated heterocycles. The van der Waals surface area contributed by atoms with Crippen LogP contribution in [0.4, 0.5) is 0 Å². The van der Waals surface area contributed by atoms with Crippen LogP contribution >= 0.6 is 0 Å². The molecule has 4 aliphatic rings. The molecule has 1 nitrogen and oxygen atoms in total. The Bertz CT molecular complexity index is 530. The lowest BCUT2D eigenvalue weighted by Crippen LogP contribution is -2.49. The van der Waals surface area contributed by atoms with E-state index in [-0.39, 0.29) is 6.10 Å². The second-order valence-corrected chi connectivity index (χ2v) is 8.96. The van der Waals surface area contributed by atoms with Gasteiger partial charge in [-0.25, -0.2) is 0 Å². The van der Waals surface area contributed by atoms with E-state index in [0.29, 0.717) is 10.8 Å². The maximum Gasteiger partial charge on any atom is 0.0577 e. The first-order chi connectivity index (χ1) is 10.5. The summed E-state index contributed by atoms with van der Waals surface area (Å²) >= 11 is 0. The molecule has 1 heteroatoms. The molecule has 0 heterocycles. The summed E-state index contributed by atoms with van der Waals surface area (Å²) in [5, 5.41) is 10.1. The van der Waals surface area contributed by atoms with Gasteiger partial charge in [0, 0.05) is 0 Å². The summed E-state index contributed by atoms with van der Waals surface area (Å²) in [6.07, 6.45) is 14.9. The van der Waals surface area contributed by atoms with Crippen molar-refractivity contribution >= 4 is 0 Å². The van der Waals surface area contributed by atoms with Crippen molar-refractivity contribution in [3.8, 4) is 0 Å². The van der Waals surface area contributed by atoms with Crippen LogP contribution in [0.3, 0.4) is 0 Å². The Labute approximate surface area is 135 Å². The van der Waals surface area contributed by atoms with Gasteiger partial charge in [0.05, 0.1) is 6.10 Å². The van der Waals surface area contributed by atoms with Crippen molar-refractivity contribution in [2.45, 2.75) is 78.2 Å². The van der Waals surface area contributed by atoms with Gasteiger partial charge in [-0.3, -0.25) is 0 Å². The van der Waals surface area contributed by atoms with Crippen molar-refractivity contribution in [3.05, 3.63) is 23.3 Å². The maximum atomic E-state index is 10.1. The van der Waals surface area contributed by atoms with E-state index in [4.69, 9.17) is 0 Å². The van der Waals surface area contributed by atoms with E-state index in [1.165, 1.54) is 38.5 Å². The predicted molar refractivity (Wildman–Crippen MR) is 91.5 cm³/mol. The number of hydrogen-bond donors (Lipinski definition) is 1. The summed E-state index contributed by atoms with van der Waals surface area (Å²) in [6.45, 7) is 7.33. The second-order valence-electron chi connectivity index (χ2n) is 8.96. The Balaban J connectivity index is 1.69. The lowest BCUT2D eigenvalue weighted by Gasteiger charge is -2.57. The molecule has 122 valence electrons. The molecule has 0 aromatic carbocycles. The Hall–Kier alpha value is -0.560. The summed E-state index contributed by atoms with van der Waals surface area (Å²) in [5.74, 6) is 2.66. The molecule has 3 fully saturated rings. The molecule has 0 aliphatic heterocycles. The van der Waals surface area contributed by atoms with E-state index >= 15 is 0 Å². The van der Waals surface area contributed by atoms with Crippen LogP contribution in [0.5, 0.6) is 0 Å². The zero-order chi connectivity index (χ0) is 15.5. The van der Waals surface area contributed by atoms with Crippen LogP contribution in [-0.2, 0) is 0 Å². The van der Waals surface area contributed by atoms with Crippen LogP contribution in [0.15, 0.2) is 23.3 Å². The van der Waals surface area contributed by atoms with Crippen molar-refractivity contribution in [3.63, 3.8) is 0 Å². The topological polar surface area (TPSA) is 20.2 Å². The zero-order valence-corrected chi connectivity index (χ0v) is 14.6. The number of aliphatic hydroxyl groups excluding tert-OH is 1. The molecule has 0 amide bonds. The van der Waals surface area contributed by atoms with Crippen LogP contribution in [0.2, 0.25) is 0 Å². The highest BCUT2D eigenvalue weighted by molar-refractivity contribution is 5.29. The number of fused-ring (bicyclic) bond motifs is 5. The lowest BCUT2D eigenvalue weighted by atomic mass is 9.48. The van der Waals surface area contributed by atoms with Crippen molar-refractivity contribution in [1.29, 1.82) is 0 Å². The summed E-state index contributed by atoms with van der Waals surface area (Å²) in [6, 6.07) is 0. The average Bonchev–Trinajstić information content (AvgIpc) is 2.84. The second kappa shape index (κ2) is 4.97. The highest BCUT2D eigenvalue weighted by atomic mass is 16.3. The first-order valence-electron chi connectivity index (χ1n) is 9.52. The van der Waals surface area contributed by atoms with Crippen LogP contribution < -0.4 is 0 Å². The van der Waals surface area contributed by atoms with Crippen LogP contribution in [0.1, 0.15) is 72.1 Å². The Morgan fingerprint density at radius 2 is 1.82 bits per heavy atom. The van der Waals surface area contributed by atoms with Crippen molar-refractivity contribution in [2.24, 2.45) is 28.6 Å². The summed E-state index contributed by atoms with van der Waals surface area (Å²) in [7, 11) is 0. The third-order valence-electron chi connectivity index (χ3n) is 8.27. The van der Waals surface area contributed by atoms with E-state index in [1.54, 1.807) is 11.1 Å². The molecule has 0 spiro atoms. The van der Waals surface area contributed by atoms with Crippen molar-refractivity contribution in [1.82, 2.24) is 0 Å². The Morgan fingerprint density at radius 1 is 1.09 bits per heavy atom. The average molecular weight is 300 g/mol. The molecule has 6 atom stereocenters. The van der Waals surface area contributed by atoms with Gasteiger partial charge in [0.1, 0.15) is 0 Å². The maximum absolute atomic E-state index is 10.1. The van der Waals surface area contributed by atoms with Gasteiger partial charge in [-0.2, -0.15) is 0 Å². The van der Waals surface area contributed by atoms with Crippen molar-refractivity contribution < 1.29 is 5.11 Å². The summed E-state index contributed by atoms with van der Waals surface area (Å²) < 4.78 is 0. The van der Waals surface area contributed by atoms with Gasteiger partial charge >= 0.3 is 0 Å². The minimum Gasteiger partial charge on any atom is -0.393 e. The number of hydrogen-bond acceptors (Lipinski definition) is 1. The standard InChI is InChI=1S/C21H32O/c1-4-14-6-8-18-17-7-5-15-13-16(22)9-11-21(15,3)19(17)10-12-20(14,18)2/h4-5,16-19,22H,6-13H2,1-3H3/b14-4-/t16?,17?,18-,19-,20?,21?/m0/s1. The molecule has 3 saturated carbocycles. The molecular formula is C21H32O. The molecule has 0 aromatic rings. The molecule has 22 heavy (non-hydrogen) atoms. The van der Waals surface area contributed by atoms with Gasteiger partial charge in [0.15, 0.2) is 0 Å². The Kier molecular flexibility index (Phi) is 3.39. The van der Waals surface area contributed by atoms with E-state index in [1.807, 2.05) is 0 Å². The van der Waals surface area contributed by atoms with Crippen molar-refractivity contribution in [2.75, 3.05) is 0 Å². The van der Waals surface area contributed by atoms with E-state index in [2.05, 4.69) is 32.9 Å². The third kappa shape index (κ3) is 1.87. The number of allylic oxidation sites excluding steroid dienone is 3. The van der Waals surface area contributed by atoms with Gasteiger partial charge in [-0.1, -0.05) is 37.1 Å². The van der Waals surface area contributed by atoms with Crippen LogP contribution in [0.25, 0.3) is 0 Å². The fourth-order valence-electron chi connectivity index (χ4n) is 6.96. The smallest absolute Gasteiger partial charge is 0.0577 e. The van der Waals surface area contributed by atoms with E-state index < -0.39 is 0 Å². The molecule has 0 aromatic heterocycles. The molecule has 0 radical (unpaired) electrons. The highest BCUT2D eigenvalue weighted by Gasteiger charge is 2.56. The predicted octanol–water partition coefficient (Wildman–Crippen LogP) is 5.26. The van der Waals surface area contributed by atoms with Gasteiger partial charge in [0.25, 0.3) is 0 Å². The summed E-state index contributed by atoms with van der Waals surface area (Å²) in [5.41, 5.74) is 4.23. The number of rotatable bonds is 0. The quantitative estimate of drug-likeness (QED) is 0.605. The largest absolute Gasteiger partial charge is 0.393 e. The SMILES string of the molecule is C/C=C1/CC[C@H]2C3CC=C4CC(O)CCC4(C)[C@H]3CCC12C. The Morgan fingerprint density at radius 3 is 2.59 bits per heavy atom. The molecule has 4 rings (SSSR count). The normalized spacial score (nSPS) is 52.7. The fraction of sp³-hybridized carbons (Fsp3) is 0.810. The fourth-order valence-corrected chi connectivity index (χ4v) is 6.96. The van der Waals surface area contributed by atoms with Gasteiger partial charge in [0.2, 0.25) is 0 Å². The molecular weight excluding hydrogens is 268 g/mol. The van der Waals surface area contributed by atoms with Gasteiger partial charge in [-0.15, -0.1) is 0 Å². The molecule has 4 unspecified atom stereocenters. The molecule has 0 bridgehead atoms. The van der Waals surface area contributed by atoms with Gasteiger partial charge in [-0.05, 0) is 86.9 Å². The zero-order valence-electron chi connectivity index (χ0n) is 14.6. The third-order valence-corrected chi connectivity index (χ3v) is 8.27.